The summed E-state index contributed by atoms with van der Waals surface area (Å²) in [6.45, 7) is 10.7. The monoisotopic (exact) mass is 341 g/mol. The summed E-state index contributed by atoms with van der Waals surface area (Å²) in [6, 6.07) is 9.80. The van der Waals surface area contributed by atoms with Gasteiger partial charge in [0.1, 0.15) is 0 Å². The molecule has 1 aromatic heterocycles. The van der Waals surface area contributed by atoms with Crippen LogP contribution in [0.3, 0.4) is 0 Å². The number of H-pyrrole nitrogens is 1. The first-order valence-corrected chi connectivity index (χ1v) is 8.48. The van der Waals surface area contributed by atoms with Gasteiger partial charge in [0.15, 0.2) is 0 Å². The molecule has 0 saturated heterocycles. The molecule has 5 nitrogen and oxygen atoms in total. The van der Waals surface area contributed by atoms with Crippen molar-refractivity contribution in [2.24, 2.45) is 0 Å². The number of aromatic amines is 1. The highest BCUT2D eigenvalue weighted by Gasteiger charge is 2.23. The largest absolute Gasteiger partial charge is 0.337 e. The van der Waals surface area contributed by atoms with Crippen LogP contribution in [0, 0.1) is 20.8 Å². The number of carbonyl (C=O) groups is 1. The van der Waals surface area contributed by atoms with Crippen molar-refractivity contribution in [1.82, 2.24) is 15.6 Å². The maximum absolute atomic E-state index is 12.1. The molecule has 0 fully saturated rings. The molecule has 2 aromatic rings. The average Bonchev–Trinajstić information content (AvgIpc) is 2.52. The summed E-state index contributed by atoms with van der Waals surface area (Å²) in [7, 11) is 0. The third-order valence-corrected chi connectivity index (χ3v) is 4.48. The molecule has 5 heteroatoms. The predicted molar refractivity (Wildman–Crippen MR) is 101 cm³/mol. The predicted octanol–water partition coefficient (Wildman–Crippen LogP) is 3.08. The Balaban J connectivity index is 1.95. The lowest BCUT2D eigenvalue weighted by molar-refractivity contribution is 0.238. The topological polar surface area (TPSA) is 74.0 Å². The molecule has 0 unspecified atom stereocenters. The van der Waals surface area contributed by atoms with E-state index >= 15 is 0 Å². The normalized spacial score (nSPS) is 11.2. The molecule has 0 aliphatic rings. The molecule has 25 heavy (non-hydrogen) atoms. The van der Waals surface area contributed by atoms with Crippen molar-refractivity contribution in [3.05, 3.63) is 68.6 Å². The van der Waals surface area contributed by atoms with Gasteiger partial charge in [0.2, 0.25) is 0 Å². The molecule has 0 spiro atoms. The van der Waals surface area contributed by atoms with Gasteiger partial charge in [0.05, 0.1) is 6.54 Å². The lowest BCUT2D eigenvalue weighted by Crippen LogP contribution is -2.42. The van der Waals surface area contributed by atoms with E-state index in [0.29, 0.717) is 12.1 Å². The van der Waals surface area contributed by atoms with Crippen molar-refractivity contribution in [3.63, 3.8) is 0 Å². The first-order valence-electron chi connectivity index (χ1n) is 8.48. The highest BCUT2D eigenvalue weighted by atomic mass is 16.2. The van der Waals surface area contributed by atoms with Crippen LogP contribution in [-0.4, -0.2) is 17.6 Å². The highest BCUT2D eigenvalue weighted by molar-refractivity contribution is 5.74. The third-order valence-electron chi connectivity index (χ3n) is 4.48. The molecule has 1 aromatic carbocycles. The molecule has 0 radical (unpaired) electrons. The first kappa shape index (κ1) is 18.8. The van der Waals surface area contributed by atoms with Crippen molar-refractivity contribution in [1.29, 1.82) is 0 Å². The lowest BCUT2D eigenvalue weighted by Gasteiger charge is -2.27. The molecule has 0 aliphatic heterocycles. The Kier molecular flexibility index (Phi) is 5.67. The number of amides is 2. The number of urea groups is 1. The van der Waals surface area contributed by atoms with E-state index in [4.69, 9.17) is 0 Å². The Hall–Kier alpha value is -2.56. The first-order chi connectivity index (χ1) is 11.7. The molecule has 1 heterocycles. The van der Waals surface area contributed by atoms with Crippen LogP contribution in [0.15, 0.2) is 35.1 Å². The van der Waals surface area contributed by atoms with Gasteiger partial charge >= 0.3 is 6.03 Å². The summed E-state index contributed by atoms with van der Waals surface area (Å²) in [5.41, 5.74) is 4.35. The number of benzene rings is 1. The second-order valence-corrected chi connectivity index (χ2v) is 7.18. The number of hydrogen-bond acceptors (Lipinski definition) is 2. The van der Waals surface area contributed by atoms with Crippen LogP contribution in [0.25, 0.3) is 0 Å². The van der Waals surface area contributed by atoms with Crippen LogP contribution in [0.5, 0.6) is 0 Å². The molecule has 0 bridgehead atoms. The number of nitrogens with one attached hydrogen (secondary N) is 3. The molecule has 2 rings (SSSR count). The molecule has 0 aliphatic carbocycles. The van der Waals surface area contributed by atoms with Crippen molar-refractivity contribution in [3.8, 4) is 0 Å². The number of aryl methyl sites for hydroxylation is 3. The molecule has 2 amide bonds. The van der Waals surface area contributed by atoms with Gasteiger partial charge in [-0.3, -0.25) is 4.79 Å². The zero-order valence-corrected chi connectivity index (χ0v) is 15.6. The van der Waals surface area contributed by atoms with Crippen LogP contribution in [0.1, 0.15) is 41.8 Å². The quantitative estimate of drug-likeness (QED) is 0.782. The van der Waals surface area contributed by atoms with E-state index in [9.17, 15) is 9.59 Å². The summed E-state index contributed by atoms with van der Waals surface area (Å²) in [6.07, 6.45) is 0. The van der Waals surface area contributed by atoms with Crippen molar-refractivity contribution in [2.75, 3.05) is 6.54 Å². The SMILES string of the molecule is Cc1cc(C)c(CNC(=O)NCC(C)(C)c2ccccc2C)c(=O)[nH]1. The molecular formula is C20H27N3O2. The van der Waals surface area contributed by atoms with Crippen molar-refractivity contribution in [2.45, 2.75) is 46.6 Å². The van der Waals surface area contributed by atoms with Crippen molar-refractivity contribution >= 4 is 6.03 Å². The van der Waals surface area contributed by atoms with E-state index in [2.05, 4.69) is 48.5 Å². The Bertz CT molecular complexity index is 822. The highest BCUT2D eigenvalue weighted by Crippen LogP contribution is 2.25. The summed E-state index contributed by atoms with van der Waals surface area (Å²) in [4.78, 5) is 26.9. The fourth-order valence-electron chi connectivity index (χ4n) is 3.06. The van der Waals surface area contributed by atoms with Gasteiger partial charge in [-0.05, 0) is 43.5 Å². The molecular weight excluding hydrogens is 314 g/mol. The minimum absolute atomic E-state index is 0.155. The number of aromatic nitrogens is 1. The van der Waals surface area contributed by atoms with E-state index < -0.39 is 0 Å². The van der Waals surface area contributed by atoms with Gasteiger partial charge in [0, 0.05) is 23.2 Å². The lowest BCUT2D eigenvalue weighted by atomic mass is 9.82. The van der Waals surface area contributed by atoms with Gasteiger partial charge in [-0.25, -0.2) is 4.79 Å². The Labute approximate surface area is 148 Å². The summed E-state index contributed by atoms with van der Waals surface area (Å²) in [5, 5.41) is 5.68. The molecule has 0 atom stereocenters. The molecule has 0 saturated carbocycles. The number of rotatable bonds is 5. The van der Waals surface area contributed by atoms with Crippen LogP contribution in [0.2, 0.25) is 0 Å². The van der Waals surface area contributed by atoms with E-state index in [1.54, 1.807) is 0 Å². The fourth-order valence-corrected chi connectivity index (χ4v) is 3.06. The Morgan fingerprint density at radius 2 is 1.76 bits per heavy atom. The minimum Gasteiger partial charge on any atom is -0.337 e. The maximum Gasteiger partial charge on any atom is 0.315 e. The Morgan fingerprint density at radius 1 is 1.08 bits per heavy atom. The van der Waals surface area contributed by atoms with Gasteiger partial charge in [-0.2, -0.15) is 0 Å². The van der Waals surface area contributed by atoms with E-state index in [0.717, 1.165) is 11.3 Å². The smallest absolute Gasteiger partial charge is 0.315 e. The zero-order chi connectivity index (χ0) is 18.6. The van der Waals surface area contributed by atoms with Crippen LogP contribution in [-0.2, 0) is 12.0 Å². The minimum atomic E-state index is -0.277. The van der Waals surface area contributed by atoms with Crippen LogP contribution in [0.4, 0.5) is 4.79 Å². The van der Waals surface area contributed by atoms with Gasteiger partial charge in [0.25, 0.3) is 5.56 Å². The number of carbonyl (C=O) groups excluding carboxylic acids is 1. The second kappa shape index (κ2) is 7.55. The van der Waals surface area contributed by atoms with E-state index in [-0.39, 0.29) is 23.6 Å². The number of hydrogen-bond donors (Lipinski definition) is 3. The van der Waals surface area contributed by atoms with Crippen LogP contribution < -0.4 is 16.2 Å². The molecule has 134 valence electrons. The average molecular weight is 341 g/mol. The van der Waals surface area contributed by atoms with E-state index in [1.807, 2.05) is 32.0 Å². The summed E-state index contributed by atoms with van der Waals surface area (Å²) < 4.78 is 0. The van der Waals surface area contributed by atoms with Gasteiger partial charge in [-0.1, -0.05) is 38.1 Å². The Morgan fingerprint density at radius 3 is 2.40 bits per heavy atom. The number of pyridine rings is 1. The molecule has 3 N–H and O–H groups in total. The third kappa shape index (κ3) is 4.72. The van der Waals surface area contributed by atoms with Crippen LogP contribution >= 0.6 is 0 Å². The fraction of sp³-hybridized carbons (Fsp3) is 0.400. The standard InChI is InChI=1S/C20H27N3O2/c1-13-8-6-7-9-17(13)20(4,5)12-22-19(25)21-11-16-14(2)10-15(3)23-18(16)24/h6-10H,11-12H2,1-5H3,(H,23,24)(H2,21,22,25). The summed E-state index contributed by atoms with van der Waals surface area (Å²) in [5.74, 6) is 0. The summed E-state index contributed by atoms with van der Waals surface area (Å²) >= 11 is 0. The van der Waals surface area contributed by atoms with Gasteiger partial charge in [-0.15, -0.1) is 0 Å². The zero-order valence-electron chi connectivity index (χ0n) is 15.6. The maximum atomic E-state index is 12.1. The van der Waals surface area contributed by atoms with E-state index in [1.165, 1.54) is 11.1 Å². The van der Waals surface area contributed by atoms with Crippen molar-refractivity contribution < 1.29 is 4.79 Å². The second-order valence-electron chi connectivity index (χ2n) is 7.18. The van der Waals surface area contributed by atoms with Gasteiger partial charge < -0.3 is 15.6 Å².